The minimum atomic E-state index is -0.377. The molecule has 0 bridgehead atoms. The van der Waals surface area contributed by atoms with Crippen LogP contribution in [0, 0.1) is 6.92 Å². The van der Waals surface area contributed by atoms with Crippen LogP contribution in [0.1, 0.15) is 21.7 Å². The van der Waals surface area contributed by atoms with Crippen molar-refractivity contribution in [3.05, 3.63) is 106 Å². The van der Waals surface area contributed by atoms with Crippen LogP contribution >= 0.6 is 0 Å². The van der Waals surface area contributed by atoms with E-state index in [0.717, 1.165) is 10.9 Å². The number of nitrogens with zero attached hydrogens (tertiary/aromatic N) is 2. The van der Waals surface area contributed by atoms with Gasteiger partial charge in [0.2, 0.25) is 11.7 Å². The number of aromatic nitrogens is 2. The lowest BCUT2D eigenvalue weighted by molar-refractivity contribution is -0.116. The topological polar surface area (TPSA) is 94.2 Å². The third kappa shape index (κ3) is 3.80. The van der Waals surface area contributed by atoms with Gasteiger partial charge in [0.05, 0.1) is 17.2 Å². The van der Waals surface area contributed by atoms with Gasteiger partial charge in [-0.3, -0.25) is 19.0 Å². The average molecular weight is 437 g/mol. The molecule has 7 nitrogen and oxygen atoms in total. The Morgan fingerprint density at radius 1 is 0.970 bits per heavy atom. The number of nitrogens with one attached hydrogen (secondary N) is 1. The van der Waals surface area contributed by atoms with Crippen molar-refractivity contribution in [1.82, 2.24) is 9.55 Å². The van der Waals surface area contributed by atoms with Crippen molar-refractivity contribution in [3.63, 3.8) is 0 Å². The van der Waals surface area contributed by atoms with Crippen molar-refractivity contribution in [1.29, 1.82) is 0 Å². The van der Waals surface area contributed by atoms with Crippen molar-refractivity contribution < 1.29 is 14.0 Å². The molecule has 162 valence electrons. The number of hydrogen-bond acceptors (Lipinski definition) is 5. The Morgan fingerprint density at radius 2 is 1.73 bits per heavy atom. The van der Waals surface area contributed by atoms with E-state index in [9.17, 15) is 14.4 Å². The van der Waals surface area contributed by atoms with Gasteiger partial charge < -0.3 is 9.73 Å². The molecule has 3 aromatic carbocycles. The summed E-state index contributed by atoms with van der Waals surface area (Å²) in [5.41, 5.74) is 2.58. The molecule has 0 fully saturated rings. The smallest absolute Gasteiger partial charge is 0.261 e. The van der Waals surface area contributed by atoms with E-state index in [4.69, 9.17) is 4.42 Å². The number of carbonyl (C=O) groups excluding carboxylic acids is 2. The number of hydrogen-bond donors (Lipinski definition) is 1. The van der Waals surface area contributed by atoms with Gasteiger partial charge in [0.25, 0.3) is 5.56 Å². The first-order valence-corrected chi connectivity index (χ1v) is 10.4. The molecule has 2 heterocycles. The molecule has 0 aliphatic rings. The second-order valence-corrected chi connectivity index (χ2v) is 7.71. The fraction of sp³-hybridized carbons (Fsp3) is 0.0769. The van der Waals surface area contributed by atoms with Crippen LogP contribution in [0.4, 0.5) is 5.69 Å². The number of para-hydroxylation sites is 1. The lowest BCUT2D eigenvalue weighted by atomic mass is 10.0. The molecule has 33 heavy (non-hydrogen) atoms. The van der Waals surface area contributed by atoms with Crippen LogP contribution in [-0.4, -0.2) is 21.2 Å². The van der Waals surface area contributed by atoms with Crippen molar-refractivity contribution >= 4 is 39.2 Å². The maximum absolute atomic E-state index is 12.8. The highest BCUT2D eigenvalue weighted by molar-refractivity contribution is 6.10. The van der Waals surface area contributed by atoms with Gasteiger partial charge in [0.15, 0.2) is 5.76 Å². The minimum absolute atomic E-state index is 0.177. The quantitative estimate of drug-likeness (QED) is 0.413. The van der Waals surface area contributed by atoms with E-state index in [1.54, 1.807) is 66.7 Å². The van der Waals surface area contributed by atoms with Crippen LogP contribution in [-0.2, 0) is 11.3 Å². The van der Waals surface area contributed by atoms with Gasteiger partial charge in [-0.1, -0.05) is 42.5 Å². The van der Waals surface area contributed by atoms with Gasteiger partial charge in [-0.2, -0.15) is 0 Å². The summed E-state index contributed by atoms with van der Waals surface area (Å²) in [6, 6.07) is 21.1. The molecule has 0 unspecified atom stereocenters. The summed E-state index contributed by atoms with van der Waals surface area (Å²) >= 11 is 0. The van der Waals surface area contributed by atoms with E-state index in [1.165, 1.54) is 10.9 Å². The zero-order valence-corrected chi connectivity index (χ0v) is 17.7. The summed E-state index contributed by atoms with van der Waals surface area (Å²) in [7, 11) is 0. The molecule has 2 aromatic heterocycles. The Morgan fingerprint density at radius 3 is 2.55 bits per heavy atom. The summed E-state index contributed by atoms with van der Waals surface area (Å²) in [5.74, 6) is -0.302. The van der Waals surface area contributed by atoms with Crippen molar-refractivity contribution in [2.24, 2.45) is 0 Å². The van der Waals surface area contributed by atoms with E-state index in [-0.39, 0.29) is 29.6 Å². The molecule has 5 aromatic rings. The molecular weight excluding hydrogens is 418 g/mol. The van der Waals surface area contributed by atoms with Gasteiger partial charge in [-0.15, -0.1) is 0 Å². The fourth-order valence-corrected chi connectivity index (χ4v) is 3.81. The predicted octanol–water partition coefficient (Wildman–Crippen LogP) is 4.32. The molecule has 1 N–H and O–H groups in total. The molecule has 0 saturated carbocycles. The number of furan rings is 1. The predicted molar refractivity (Wildman–Crippen MR) is 125 cm³/mol. The third-order valence-electron chi connectivity index (χ3n) is 5.51. The van der Waals surface area contributed by atoms with E-state index >= 15 is 0 Å². The lowest BCUT2D eigenvalue weighted by Crippen LogP contribution is -2.27. The number of benzene rings is 3. The van der Waals surface area contributed by atoms with Crippen molar-refractivity contribution in [2.75, 3.05) is 5.32 Å². The van der Waals surface area contributed by atoms with E-state index in [1.807, 2.05) is 13.0 Å². The molecule has 1 amide bonds. The van der Waals surface area contributed by atoms with Gasteiger partial charge in [0.1, 0.15) is 12.1 Å². The number of amides is 1. The SMILES string of the molecule is Cc1c(C(=O)c2ccccc2)oc2cc(NC(=O)Cn3cnc4ccccc4c3=O)ccc12. The Bertz CT molecular complexity index is 1580. The first kappa shape index (κ1) is 20.4. The highest BCUT2D eigenvalue weighted by Gasteiger charge is 2.19. The van der Waals surface area contributed by atoms with Crippen LogP contribution in [0.3, 0.4) is 0 Å². The number of fused-ring (bicyclic) bond motifs is 2. The second-order valence-electron chi connectivity index (χ2n) is 7.71. The maximum Gasteiger partial charge on any atom is 0.261 e. The fourth-order valence-electron chi connectivity index (χ4n) is 3.81. The number of anilines is 1. The molecule has 0 atom stereocenters. The van der Waals surface area contributed by atoms with Gasteiger partial charge in [0, 0.05) is 28.3 Å². The Hall–Kier alpha value is -4.52. The highest BCUT2D eigenvalue weighted by atomic mass is 16.3. The Labute approximate surface area is 188 Å². The molecule has 5 rings (SSSR count). The van der Waals surface area contributed by atoms with Crippen LogP contribution < -0.4 is 10.9 Å². The molecule has 7 heteroatoms. The van der Waals surface area contributed by atoms with E-state index in [2.05, 4.69) is 10.3 Å². The summed E-state index contributed by atoms with van der Waals surface area (Å²) in [4.78, 5) is 42.3. The largest absolute Gasteiger partial charge is 0.452 e. The van der Waals surface area contributed by atoms with Crippen LogP contribution in [0.2, 0.25) is 0 Å². The third-order valence-corrected chi connectivity index (χ3v) is 5.51. The Kier molecular flexibility index (Phi) is 5.06. The first-order valence-electron chi connectivity index (χ1n) is 10.4. The molecule has 0 saturated heterocycles. The van der Waals surface area contributed by atoms with Crippen LogP contribution in [0.25, 0.3) is 21.9 Å². The number of aryl methyl sites for hydroxylation is 1. The van der Waals surface area contributed by atoms with Crippen molar-refractivity contribution in [3.8, 4) is 0 Å². The van der Waals surface area contributed by atoms with Crippen LogP contribution in [0.5, 0.6) is 0 Å². The minimum Gasteiger partial charge on any atom is -0.452 e. The standard InChI is InChI=1S/C26H19N3O4/c1-16-19-12-11-18(13-22(19)33-25(16)24(31)17-7-3-2-4-8-17)28-23(30)14-29-15-27-21-10-6-5-9-20(21)26(29)32/h2-13,15H,14H2,1H3,(H,28,30). The molecule has 0 radical (unpaired) electrons. The summed E-state index contributed by atoms with van der Waals surface area (Å²) < 4.78 is 7.12. The molecule has 0 aliphatic carbocycles. The van der Waals surface area contributed by atoms with Gasteiger partial charge in [-0.25, -0.2) is 4.98 Å². The number of carbonyl (C=O) groups is 2. The average Bonchev–Trinajstić information content (AvgIpc) is 3.16. The number of rotatable bonds is 5. The van der Waals surface area contributed by atoms with E-state index in [0.29, 0.717) is 27.7 Å². The summed E-state index contributed by atoms with van der Waals surface area (Å²) in [5, 5.41) is 4.02. The monoisotopic (exact) mass is 437 g/mol. The highest BCUT2D eigenvalue weighted by Crippen LogP contribution is 2.29. The molecule has 0 spiro atoms. The maximum atomic E-state index is 12.8. The number of ketones is 1. The second kappa shape index (κ2) is 8.20. The van der Waals surface area contributed by atoms with Crippen molar-refractivity contribution in [2.45, 2.75) is 13.5 Å². The molecule has 0 aliphatic heterocycles. The van der Waals surface area contributed by atoms with Gasteiger partial charge in [-0.05, 0) is 31.2 Å². The zero-order valence-electron chi connectivity index (χ0n) is 17.7. The zero-order chi connectivity index (χ0) is 22.9. The summed E-state index contributed by atoms with van der Waals surface area (Å²) in [6.45, 7) is 1.66. The lowest BCUT2D eigenvalue weighted by Gasteiger charge is -2.08. The molecular formula is C26H19N3O4. The van der Waals surface area contributed by atoms with Crippen LogP contribution in [0.15, 0.2) is 88.3 Å². The normalized spacial score (nSPS) is 11.1. The van der Waals surface area contributed by atoms with Gasteiger partial charge >= 0.3 is 0 Å². The summed E-state index contributed by atoms with van der Waals surface area (Å²) in [6.07, 6.45) is 1.37. The Balaban J connectivity index is 1.38. The first-order chi connectivity index (χ1) is 16.0. The van der Waals surface area contributed by atoms with E-state index < -0.39 is 0 Å².